The number of aliphatic hydroxyl groups is 1. The third kappa shape index (κ3) is 4.80. The van der Waals surface area contributed by atoms with Gasteiger partial charge in [-0.25, -0.2) is 9.59 Å². The van der Waals surface area contributed by atoms with Crippen LogP contribution in [0.5, 0.6) is 0 Å². The van der Waals surface area contributed by atoms with E-state index in [2.05, 4.69) is 4.98 Å². The van der Waals surface area contributed by atoms with E-state index in [1.807, 2.05) is 45.9 Å². The molecule has 10 nitrogen and oxygen atoms in total. The maximum Gasteiger partial charge on any atom is 0.355 e. The maximum atomic E-state index is 13.4. The van der Waals surface area contributed by atoms with Gasteiger partial charge in [-0.15, -0.1) is 11.6 Å². The number of alkyl halides is 1. The van der Waals surface area contributed by atoms with Crippen LogP contribution in [0.25, 0.3) is 0 Å². The van der Waals surface area contributed by atoms with E-state index in [1.54, 1.807) is 25.3 Å². The largest absolute Gasteiger partial charge is 0.458 e. The zero-order chi connectivity index (χ0) is 30.6. The molecule has 5 rings (SSSR count). The molecule has 2 aliphatic carbocycles. The van der Waals surface area contributed by atoms with Crippen LogP contribution in [-0.2, 0) is 33.3 Å². The third-order valence-electron chi connectivity index (χ3n) is 9.87. The van der Waals surface area contributed by atoms with Gasteiger partial charge >= 0.3 is 17.9 Å². The number of rotatable bonds is 6. The summed E-state index contributed by atoms with van der Waals surface area (Å²) in [4.78, 5) is 41.3. The number of carbonyl (C=O) groups is 3. The standard InChI is InChI=1S/C31H40ClNO9/c1-15-12-16(2)31-19(13-21(38-6)29(37)40-24(15)18(4)39-22(34)14-32)9-10-30(5)26(31)23(35)17(3)25(27(30)42-31)41-28(36)20-8-7-11-33-20/h7-12,15,17-19,21,23-27,33,35H,13-14H2,1-6H3/b16-12+/t15-,17-,18-,19-,21+,23-,24+,25-,26-,27+,30-,31+/m1/s1. The number of hydrogen-bond donors (Lipinski definition) is 2. The quantitative estimate of drug-likeness (QED) is 0.216. The SMILES string of the molecule is CO[C@H]1C[C@H]2C=C[C@]3(C)[C@H]4[C@H](O)[C@@H](C)[C@@H](OC(=O)c5ccc[nH]5)[C@@H]3O[C@@]24/C(C)=C/[C@@H](C)[C@@H]([C@@H](C)OC(=O)CCl)OC1=O. The molecule has 1 aromatic heterocycles. The fraction of sp³-hybridized carbons (Fsp3) is 0.645. The number of cyclic esters (lactones) is 1. The van der Waals surface area contributed by atoms with Gasteiger partial charge in [-0.05, 0) is 38.0 Å². The van der Waals surface area contributed by atoms with Crippen LogP contribution in [0, 0.1) is 29.1 Å². The molecule has 1 saturated heterocycles. The summed E-state index contributed by atoms with van der Waals surface area (Å²) in [6.07, 6.45) is 3.18. The van der Waals surface area contributed by atoms with E-state index in [9.17, 15) is 19.5 Å². The number of ether oxygens (including phenoxy) is 5. The van der Waals surface area contributed by atoms with Crippen molar-refractivity contribution in [3.05, 3.63) is 47.8 Å². The summed E-state index contributed by atoms with van der Waals surface area (Å²) in [6.45, 7) is 9.40. The Morgan fingerprint density at radius 2 is 2.05 bits per heavy atom. The Morgan fingerprint density at radius 3 is 2.69 bits per heavy atom. The second-order valence-electron chi connectivity index (χ2n) is 12.3. The number of aromatic amines is 1. The molecule has 0 unspecified atom stereocenters. The van der Waals surface area contributed by atoms with Gasteiger partial charge in [-0.1, -0.05) is 39.0 Å². The van der Waals surface area contributed by atoms with Gasteiger partial charge in [0.05, 0.1) is 6.10 Å². The maximum absolute atomic E-state index is 13.4. The lowest BCUT2D eigenvalue weighted by atomic mass is 9.51. The zero-order valence-electron chi connectivity index (χ0n) is 24.7. The Labute approximate surface area is 250 Å². The molecule has 3 heterocycles. The molecule has 2 fully saturated rings. The van der Waals surface area contributed by atoms with Crippen molar-refractivity contribution < 1.29 is 43.2 Å². The molecule has 0 amide bonds. The van der Waals surface area contributed by atoms with Gasteiger partial charge in [0, 0.05) is 42.4 Å². The summed E-state index contributed by atoms with van der Waals surface area (Å²) in [6, 6.07) is 3.36. The van der Waals surface area contributed by atoms with E-state index in [1.165, 1.54) is 7.11 Å². The van der Waals surface area contributed by atoms with Crippen molar-refractivity contribution in [2.24, 2.45) is 29.1 Å². The number of halogens is 1. The smallest absolute Gasteiger partial charge is 0.355 e. The zero-order valence-corrected chi connectivity index (χ0v) is 25.5. The number of methoxy groups -OCH3 is 1. The van der Waals surface area contributed by atoms with Crippen LogP contribution in [0.3, 0.4) is 0 Å². The van der Waals surface area contributed by atoms with Crippen LogP contribution in [0.4, 0.5) is 0 Å². The fourth-order valence-corrected chi connectivity index (χ4v) is 7.89. The second kappa shape index (κ2) is 11.4. The van der Waals surface area contributed by atoms with Gasteiger partial charge in [0.25, 0.3) is 0 Å². The Bertz CT molecular complexity index is 1260. The molecule has 12 atom stereocenters. The number of carbonyl (C=O) groups excluding carboxylic acids is 3. The highest BCUT2D eigenvalue weighted by atomic mass is 35.5. The van der Waals surface area contributed by atoms with Gasteiger partial charge in [0.1, 0.15) is 41.6 Å². The van der Waals surface area contributed by atoms with Gasteiger partial charge in [-0.3, -0.25) is 4.79 Å². The van der Waals surface area contributed by atoms with E-state index in [0.717, 1.165) is 5.57 Å². The number of esters is 3. The molecule has 4 bridgehead atoms. The minimum atomic E-state index is -1.03. The lowest BCUT2D eigenvalue weighted by molar-refractivity contribution is -0.178. The minimum Gasteiger partial charge on any atom is -0.458 e. The van der Waals surface area contributed by atoms with E-state index < -0.39 is 83.3 Å². The molecule has 0 aromatic carbocycles. The van der Waals surface area contributed by atoms with Crippen molar-refractivity contribution in [1.29, 1.82) is 0 Å². The summed E-state index contributed by atoms with van der Waals surface area (Å²) in [5, 5.41) is 12.0. The first-order chi connectivity index (χ1) is 19.9. The molecule has 4 aliphatic rings. The predicted octanol–water partition coefficient (Wildman–Crippen LogP) is 3.58. The lowest BCUT2D eigenvalue weighted by Gasteiger charge is -2.53. The molecule has 2 N–H and O–H groups in total. The number of aromatic nitrogens is 1. The topological polar surface area (TPSA) is 133 Å². The van der Waals surface area contributed by atoms with Crippen LogP contribution in [0.2, 0.25) is 0 Å². The van der Waals surface area contributed by atoms with Crippen molar-refractivity contribution >= 4 is 29.5 Å². The Morgan fingerprint density at radius 1 is 1.31 bits per heavy atom. The van der Waals surface area contributed by atoms with E-state index in [4.69, 9.17) is 35.3 Å². The highest BCUT2D eigenvalue weighted by Gasteiger charge is 2.73. The van der Waals surface area contributed by atoms with Crippen LogP contribution >= 0.6 is 11.6 Å². The molecule has 1 saturated carbocycles. The van der Waals surface area contributed by atoms with Crippen LogP contribution in [-0.4, -0.2) is 83.2 Å². The normalized spacial score (nSPS) is 42.9. The summed E-state index contributed by atoms with van der Waals surface area (Å²) >= 11 is 5.66. The number of H-pyrrole nitrogens is 1. The number of nitrogens with one attached hydrogen (secondary N) is 1. The van der Waals surface area contributed by atoms with Crippen molar-refractivity contribution in [2.75, 3.05) is 13.0 Å². The van der Waals surface area contributed by atoms with Crippen molar-refractivity contribution in [3.63, 3.8) is 0 Å². The molecular weight excluding hydrogens is 566 g/mol. The first-order valence-electron chi connectivity index (χ1n) is 14.5. The Kier molecular flexibility index (Phi) is 8.39. The number of aliphatic hydroxyl groups excluding tert-OH is 1. The molecule has 11 heteroatoms. The highest BCUT2D eigenvalue weighted by molar-refractivity contribution is 6.26. The Balaban J connectivity index is 1.59. The van der Waals surface area contributed by atoms with Gasteiger partial charge in [-0.2, -0.15) is 0 Å². The summed E-state index contributed by atoms with van der Waals surface area (Å²) in [5.74, 6) is -3.64. The first-order valence-corrected chi connectivity index (χ1v) is 15.0. The molecule has 230 valence electrons. The lowest BCUT2D eigenvalue weighted by Crippen LogP contribution is -2.61. The molecule has 2 aliphatic heterocycles. The van der Waals surface area contributed by atoms with Gasteiger partial charge in [0.15, 0.2) is 6.10 Å². The fourth-order valence-electron chi connectivity index (χ4n) is 7.83. The number of hydrogen-bond acceptors (Lipinski definition) is 9. The van der Waals surface area contributed by atoms with E-state index in [-0.39, 0.29) is 18.2 Å². The highest BCUT2D eigenvalue weighted by Crippen LogP contribution is 2.66. The predicted molar refractivity (Wildman–Crippen MR) is 151 cm³/mol. The van der Waals surface area contributed by atoms with E-state index in [0.29, 0.717) is 5.69 Å². The minimum absolute atomic E-state index is 0.224. The average molecular weight is 606 g/mol. The molecular formula is C31H40ClNO9. The van der Waals surface area contributed by atoms with Gasteiger partial charge < -0.3 is 33.8 Å². The van der Waals surface area contributed by atoms with Crippen LogP contribution < -0.4 is 0 Å². The van der Waals surface area contributed by atoms with Crippen LogP contribution in [0.15, 0.2) is 42.1 Å². The van der Waals surface area contributed by atoms with E-state index >= 15 is 0 Å². The van der Waals surface area contributed by atoms with Crippen molar-refractivity contribution in [2.45, 2.75) is 83.3 Å². The summed E-state index contributed by atoms with van der Waals surface area (Å²) in [5.41, 5.74) is -0.536. The Hall–Kier alpha value is -2.66. The third-order valence-corrected chi connectivity index (χ3v) is 10.1. The molecule has 1 spiro atoms. The summed E-state index contributed by atoms with van der Waals surface area (Å²) in [7, 11) is 1.44. The molecule has 1 aromatic rings. The molecule has 42 heavy (non-hydrogen) atoms. The monoisotopic (exact) mass is 605 g/mol. The van der Waals surface area contributed by atoms with Crippen molar-refractivity contribution in [3.8, 4) is 0 Å². The van der Waals surface area contributed by atoms with Crippen LogP contribution in [0.1, 0.15) is 51.5 Å². The molecule has 0 radical (unpaired) electrons. The average Bonchev–Trinajstić information content (AvgIpc) is 3.53. The first kappa shape index (κ1) is 30.8. The summed E-state index contributed by atoms with van der Waals surface area (Å²) < 4.78 is 30.1. The second-order valence-corrected chi connectivity index (χ2v) is 12.6. The van der Waals surface area contributed by atoms with Crippen molar-refractivity contribution in [1.82, 2.24) is 4.98 Å². The van der Waals surface area contributed by atoms with Gasteiger partial charge in [0.2, 0.25) is 0 Å².